The van der Waals surface area contributed by atoms with Gasteiger partial charge in [0.25, 0.3) is 0 Å². The van der Waals surface area contributed by atoms with E-state index in [0.717, 1.165) is 38.2 Å². The second kappa shape index (κ2) is 6.89. The monoisotopic (exact) mass is 292 g/mol. The Morgan fingerprint density at radius 1 is 1.29 bits per heavy atom. The van der Waals surface area contributed by atoms with Crippen molar-refractivity contribution in [3.8, 4) is 0 Å². The topological polar surface area (TPSA) is 15.3 Å². The molecule has 1 fully saturated rings. The Balaban J connectivity index is 2.05. The zero-order valence-electron chi connectivity index (χ0n) is 13.8. The molecule has 1 saturated heterocycles. The molecular weight excluding hydrogens is 263 g/mol. The van der Waals surface area contributed by atoms with Crippen LogP contribution in [0.15, 0.2) is 24.3 Å². The van der Waals surface area contributed by atoms with Crippen molar-refractivity contribution in [1.29, 1.82) is 0 Å². The maximum Gasteiger partial charge on any atom is 0.123 e. The van der Waals surface area contributed by atoms with Gasteiger partial charge in [0.15, 0.2) is 0 Å². The van der Waals surface area contributed by atoms with Gasteiger partial charge in [-0.15, -0.1) is 0 Å². The lowest BCUT2D eigenvalue weighted by Gasteiger charge is -2.39. The smallest absolute Gasteiger partial charge is 0.123 e. The fourth-order valence-corrected chi connectivity index (χ4v) is 3.05. The molecule has 1 heterocycles. The Labute approximate surface area is 128 Å². The van der Waals surface area contributed by atoms with Crippen molar-refractivity contribution in [3.05, 3.63) is 35.6 Å². The number of likely N-dealkylation sites (N-methyl/N-ethyl adjacent to an activating group) is 1. The standard InChI is InChI=1S/C18H29FN2/c1-5-21-11-15(14-7-6-8-16(19)9-14)10-17(12-21)20-13-18(2,3)4/h6-9,15,17,20H,5,10-13H2,1-4H3. The predicted molar refractivity (Wildman–Crippen MR) is 87.1 cm³/mol. The number of likely N-dealkylation sites (tertiary alicyclic amines) is 1. The summed E-state index contributed by atoms with van der Waals surface area (Å²) < 4.78 is 13.5. The van der Waals surface area contributed by atoms with Crippen LogP contribution in [-0.4, -0.2) is 37.1 Å². The predicted octanol–water partition coefficient (Wildman–Crippen LogP) is 3.64. The van der Waals surface area contributed by atoms with Gasteiger partial charge in [-0.1, -0.05) is 39.8 Å². The summed E-state index contributed by atoms with van der Waals surface area (Å²) in [6.45, 7) is 13.2. The van der Waals surface area contributed by atoms with Crippen molar-refractivity contribution in [3.63, 3.8) is 0 Å². The molecule has 0 bridgehead atoms. The highest BCUT2D eigenvalue weighted by molar-refractivity contribution is 5.22. The minimum Gasteiger partial charge on any atom is -0.312 e. The molecule has 1 N–H and O–H groups in total. The number of piperidine rings is 1. The molecular formula is C18H29FN2. The molecule has 1 aliphatic rings. The van der Waals surface area contributed by atoms with E-state index in [-0.39, 0.29) is 5.82 Å². The number of nitrogens with one attached hydrogen (secondary N) is 1. The van der Waals surface area contributed by atoms with Crippen LogP contribution in [-0.2, 0) is 0 Å². The average molecular weight is 292 g/mol. The van der Waals surface area contributed by atoms with Crippen LogP contribution in [0.4, 0.5) is 4.39 Å². The van der Waals surface area contributed by atoms with Crippen molar-refractivity contribution in [2.45, 2.75) is 46.1 Å². The van der Waals surface area contributed by atoms with E-state index < -0.39 is 0 Å². The maximum atomic E-state index is 13.5. The van der Waals surface area contributed by atoms with E-state index >= 15 is 0 Å². The largest absolute Gasteiger partial charge is 0.312 e. The van der Waals surface area contributed by atoms with Gasteiger partial charge >= 0.3 is 0 Å². The molecule has 2 atom stereocenters. The maximum absolute atomic E-state index is 13.5. The zero-order chi connectivity index (χ0) is 15.5. The zero-order valence-corrected chi connectivity index (χ0v) is 13.8. The Kier molecular flexibility index (Phi) is 5.39. The molecule has 2 unspecified atom stereocenters. The highest BCUT2D eigenvalue weighted by Gasteiger charge is 2.28. The summed E-state index contributed by atoms with van der Waals surface area (Å²) in [7, 11) is 0. The van der Waals surface area contributed by atoms with Gasteiger partial charge in [0.2, 0.25) is 0 Å². The molecule has 1 aliphatic heterocycles. The molecule has 1 aromatic rings. The van der Waals surface area contributed by atoms with Crippen molar-refractivity contribution in [2.75, 3.05) is 26.2 Å². The highest BCUT2D eigenvalue weighted by Crippen LogP contribution is 2.28. The van der Waals surface area contributed by atoms with Crippen LogP contribution < -0.4 is 5.32 Å². The highest BCUT2D eigenvalue weighted by atomic mass is 19.1. The van der Waals surface area contributed by atoms with Gasteiger partial charge in [0.1, 0.15) is 5.82 Å². The fourth-order valence-electron chi connectivity index (χ4n) is 3.05. The van der Waals surface area contributed by atoms with E-state index in [0.29, 0.717) is 17.4 Å². The molecule has 0 saturated carbocycles. The van der Waals surface area contributed by atoms with Crippen molar-refractivity contribution < 1.29 is 4.39 Å². The molecule has 1 aromatic carbocycles. The van der Waals surface area contributed by atoms with Crippen LogP contribution in [0.2, 0.25) is 0 Å². The van der Waals surface area contributed by atoms with E-state index in [1.165, 1.54) is 6.07 Å². The van der Waals surface area contributed by atoms with Gasteiger partial charge in [0, 0.05) is 25.7 Å². The molecule has 118 valence electrons. The first-order valence-electron chi connectivity index (χ1n) is 8.08. The average Bonchev–Trinajstić information content (AvgIpc) is 2.44. The minimum absolute atomic E-state index is 0.125. The van der Waals surface area contributed by atoms with E-state index in [9.17, 15) is 4.39 Å². The molecule has 3 heteroatoms. The third kappa shape index (κ3) is 5.08. The second-order valence-electron chi connectivity index (χ2n) is 7.48. The summed E-state index contributed by atoms with van der Waals surface area (Å²) in [5.41, 5.74) is 1.43. The third-order valence-corrected chi connectivity index (χ3v) is 4.21. The van der Waals surface area contributed by atoms with Crippen molar-refractivity contribution in [2.24, 2.45) is 5.41 Å². The molecule has 0 aliphatic carbocycles. The second-order valence-corrected chi connectivity index (χ2v) is 7.48. The van der Waals surface area contributed by atoms with Gasteiger partial charge in [-0.2, -0.15) is 0 Å². The Morgan fingerprint density at radius 3 is 2.67 bits per heavy atom. The number of halogens is 1. The number of hydrogen-bond acceptors (Lipinski definition) is 2. The van der Waals surface area contributed by atoms with Gasteiger partial charge in [0.05, 0.1) is 0 Å². The summed E-state index contributed by atoms with van der Waals surface area (Å²) in [5.74, 6) is 0.298. The van der Waals surface area contributed by atoms with Crippen LogP contribution in [0, 0.1) is 11.2 Å². The molecule has 0 radical (unpaired) electrons. The number of hydrogen-bond donors (Lipinski definition) is 1. The Hall–Kier alpha value is -0.930. The number of nitrogens with zero attached hydrogens (tertiary/aromatic N) is 1. The molecule has 0 aromatic heterocycles. The first kappa shape index (κ1) is 16.4. The number of rotatable bonds is 4. The van der Waals surface area contributed by atoms with Gasteiger partial charge in [-0.25, -0.2) is 4.39 Å². The fraction of sp³-hybridized carbons (Fsp3) is 0.667. The van der Waals surface area contributed by atoms with Crippen molar-refractivity contribution in [1.82, 2.24) is 10.2 Å². The van der Waals surface area contributed by atoms with E-state index in [1.807, 2.05) is 6.07 Å². The van der Waals surface area contributed by atoms with E-state index in [4.69, 9.17) is 0 Å². The molecule has 0 amide bonds. The van der Waals surface area contributed by atoms with Gasteiger partial charge in [-0.05, 0) is 42.0 Å². The normalized spacial score (nSPS) is 24.2. The van der Waals surface area contributed by atoms with Crippen LogP contribution in [0.1, 0.15) is 45.6 Å². The molecule has 2 nitrogen and oxygen atoms in total. The SMILES string of the molecule is CCN1CC(NCC(C)(C)C)CC(c2cccc(F)c2)C1. The Bertz CT molecular complexity index is 453. The summed E-state index contributed by atoms with van der Waals surface area (Å²) in [6, 6.07) is 7.61. The summed E-state index contributed by atoms with van der Waals surface area (Å²) in [4.78, 5) is 2.47. The van der Waals surface area contributed by atoms with Crippen LogP contribution in [0.25, 0.3) is 0 Å². The summed E-state index contributed by atoms with van der Waals surface area (Å²) in [5, 5.41) is 3.70. The molecule has 21 heavy (non-hydrogen) atoms. The van der Waals surface area contributed by atoms with E-state index in [1.54, 1.807) is 6.07 Å². The minimum atomic E-state index is -0.125. The molecule has 0 spiro atoms. The van der Waals surface area contributed by atoms with E-state index in [2.05, 4.69) is 44.0 Å². The van der Waals surface area contributed by atoms with Crippen LogP contribution in [0.5, 0.6) is 0 Å². The summed E-state index contributed by atoms with van der Waals surface area (Å²) in [6.07, 6.45) is 1.09. The van der Waals surface area contributed by atoms with Gasteiger partial charge in [-0.3, -0.25) is 0 Å². The van der Waals surface area contributed by atoms with Gasteiger partial charge < -0.3 is 10.2 Å². The summed E-state index contributed by atoms with van der Waals surface area (Å²) >= 11 is 0. The quantitative estimate of drug-likeness (QED) is 0.911. The Morgan fingerprint density at radius 2 is 2.05 bits per heavy atom. The lowest BCUT2D eigenvalue weighted by Crippen LogP contribution is -2.50. The number of benzene rings is 1. The molecule has 2 rings (SSSR count). The van der Waals surface area contributed by atoms with Crippen molar-refractivity contribution >= 4 is 0 Å². The van der Waals surface area contributed by atoms with Crippen LogP contribution in [0.3, 0.4) is 0 Å². The lowest BCUT2D eigenvalue weighted by molar-refractivity contribution is 0.170. The lowest BCUT2D eigenvalue weighted by atomic mass is 9.87. The van der Waals surface area contributed by atoms with Crippen LogP contribution >= 0.6 is 0 Å². The third-order valence-electron chi connectivity index (χ3n) is 4.21. The first-order valence-corrected chi connectivity index (χ1v) is 8.08. The first-order chi connectivity index (χ1) is 9.87.